The van der Waals surface area contributed by atoms with Crippen LogP contribution in [0.2, 0.25) is 10.0 Å². The topological polar surface area (TPSA) is 33.5 Å². The Kier molecular flexibility index (Phi) is 3.94. The molecule has 3 nitrogen and oxygen atoms in total. The van der Waals surface area contributed by atoms with Crippen molar-refractivity contribution in [1.82, 2.24) is 4.90 Å². The van der Waals surface area contributed by atoms with Crippen LogP contribution in [0, 0.1) is 0 Å². The van der Waals surface area contributed by atoms with E-state index in [9.17, 15) is 4.79 Å². The van der Waals surface area contributed by atoms with Gasteiger partial charge in [0.05, 0.1) is 16.3 Å². The van der Waals surface area contributed by atoms with Crippen molar-refractivity contribution in [1.29, 1.82) is 0 Å². The van der Waals surface area contributed by atoms with E-state index >= 15 is 0 Å². The van der Waals surface area contributed by atoms with Gasteiger partial charge in [-0.1, -0.05) is 35.3 Å². The number of amides is 1. The molecule has 0 aliphatic carbocycles. The molecule has 1 aromatic heterocycles. The highest BCUT2D eigenvalue weighted by molar-refractivity contribution is 6.42. The molecule has 0 bridgehead atoms. The van der Waals surface area contributed by atoms with E-state index in [4.69, 9.17) is 27.6 Å². The first-order valence-electron chi connectivity index (χ1n) is 5.31. The second-order valence-corrected chi connectivity index (χ2v) is 4.64. The molecule has 0 saturated carbocycles. The van der Waals surface area contributed by atoms with Crippen molar-refractivity contribution >= 4 is 29.1 Å². The summed E-state index contributed by atoms with van der Waals surface area (Å²) in [5.74, 6) is 0.103. The fourth-order valence-corrected chi connectivity index (χ4v) is 1.97. The van der Waals surface area contributed by atoms with Gasteiger partial charge >= 0.3 is 0 Å². The van der Waals surface area contributed by atoms with Crippen molar-refractivity contribution in [3.63, 3.8) is 0 Å². The first-order chi connectivity index (χ1) is 8.59. The van der Waals surface area contributed by atoms with Gasteiger partial charge in [-0.25, -0.2) is 0 Å². The Morgan fingerprint density at radius 2 is 2.06 bits per heavy atom. The summed E-state index contributed by atoms with van der Waals surface area (Å²) in [4.78, 5) is 13.5. The van der Waals surface area contributed by atoms with Crippen LogP contribution in [-0.4, -0.2) is 17.9 Å². The first-order valence-corrected chi connectivity index (χ1v) is 6.07. The van der Waals surface area contributed by atoms with Crippen LogP contribution in [0.4, 0.5) is 0 Å². The third-order valence-corrected chi connectivity index (χ3v) is 3.38. The molecule has 0 radical (unpaired) electrons. The number of carbonyl (C=O) groups is 1. The highest BCUT2D eigenvalue weighted by atomic mass is 35.5. The summed E-state index contributed by atoms with van der Waals surface area (Å²) in [5, 5.41) is 0.950. The molecule has 0 unspecified atom stereocenters. The number of furan rings is 1. The fraction of sp³-hybridized carbons (Fsp3) is 0.154. The van der Waals surface area contributed by atoms with E-state index in [0.29, 0.717) is 22.4 Å². The Morgan fingerprint density at radius 1 is 1.28 bits per heavy atom. The van der Waals surface area contributed by atoms with Crippen LogP contribution in [0.25, 0.3) is 0 Å². The average molecular weight is 284 g/mol. The third kappa shape index (κ3) is 2.68. The van der Waals surface area contributed by atoms with Crippen molar-refractivity contribution < 1.29 is 9.21 Å². The van der Waals surface area contributed by atoms with Crippen molar-refractivity contribution in [2.45, 2.75) is 6.54 Å². The molecule has 0 aliphatic heterocycles. The summed E-state index contributed by atoms with van der Waals surface area (Å²) in [7, 11) is 1.68. The van der Waals surface area contributed by atoms with Gasteiger partial charge in [-0.3, -0.25) is 4.79 Å². The van der Waals surface area contributed by atoms with Crippen LogP contribution in [0.15, 0.2) is 41.0 Å². The number of benzene rings is 1. The molecule has 0 fully saturated rings. The normalized spacial score (nSPS) is 10.4. The molecule has 5 heteroatoms. The smallest absolute Gasteiger partial charge is 0.289 e. The number of halogens is 2. The predicted octanol–water partition coefficient (Wildman–Crippen LogP) is 3.86. The zero-order valence-electron chi connectivity index (χ0n) is 9.69. The molecule has 0 saturated heterocycles. The quantitative estimate of drug-likeness (QED) is 0.857. The van der Waals surface area contributed by atoms with Gasteiger partial charge in [-0.05, 0) is 23.8 Å². The molecule has 0 spiro atoms. The molecule has 2 aromatic rings. The Labute approximate surface area is 115 Å². The maximum absolute atomic E-state index is 12.0. The maximum atomic E-state index is 12.0. The number of hydrogen-bond donors (Lipinski definition) is 0. The second-order valence-electron chi connectivity index (χ2n) is 3.85. The molecule has 0 N–H and O–H groups in total. The minimum atomic E-state index is -0.198. The van der Waals surface area contributed by atoms with E-state index in [2.05, 4.69) is 0 Å². The van der Waals surface area contributed by atoms with E-state index in [1.54, 1.807) is 31.3 Å². The van der Waals surface area contributed by atoms with Gasteiger partial charge in [-0.15, -0.1) is 0 Å². The van der Waals surface area contributed by atoms with E-state index in [-0.39, 0.29) is 5.91 Å². The summed E-state index contributed by atoms with van der Waals surface area (Å²) in [5.41, 5.74) is 0.798. The Balaban J connectivity index is 2.14. The largest absolute Gasteiger partial charge is 0.459 e. The van der Waals surface area contributed by atoms with E-state index in [0.717, 1.165) is 5.56 Å². The minimum Gasteiger partial charge on any atom is -0.459 e. The van der Waals surface area contributed by atoms with Gasteiger partial charge < -0.3 is 9.32 Å². The Hall–Kier alpha value is -1.45. The standard InChI is InChI=1S/C13H11Cl2NO2/c1-16(13(17)11-6-3-7-18-11)8-9-4-2-5-10(14)12(9)15/h2-7H,8H2,1H3. The molecule has 1 amide bonds. The highest BCUT2D eigenvalue weighted by Gasteiger charge is 2.16. The molecule has 2 rings (SSSR count). The Morgan fingerprint density at radius 3 is 2.72 bits per heavy atom. The summed E-state index contributed by atoms with van der Waals surface area (Å²) in [6.45, 7) is 0.374. The van der Waals surface area contributed by atoms with Gasteiger partial charge in [0.2, 0.25) is 0 Å². The van der Waals surface area contributed by atoms with Gasteiger partial charge in [0.25, 0.3) is 5.91 Å². The number of carbonyl (C=O) groups excluding carboxylic acids is 1. The van der Waals surface area contributed by atoms with Crippen molar-refractivity contribution in [2.24, 2.45) is 0 Å². The first kappa shape index (κ1) is 13.0. The van der Waals surface area contributed by atoms with Gasteiger partial charge in [-0.2, -0.15) is 0 Å². The van der Waals surface area contributed by atoms with E-state index in [1.165, 1.54) is 11.2 Å². The van der Waals surface area contributed by atoms with Crippen LogP contribution in [0.3, 0.4) is 0 Å². The summed E-state index contributed by atoms with van der Waals surface area (Å²) in [6.07, 6.45) is 1.47. The molecule has 0 aliphatic rings. The number of hydrogen-bond acceptors (Lipinski definition) is 2. The third-order valence-electron chi connectivity index (χ3n) is 2.52. The fourth-order valence-electron chi connectivity index (χ4n) is 1.59. The van der Waals surface area contributed by atoms with E-state index in [1.807, 2.05) is 6.07 Å². The lowest BCUT2D eigenvalue weighted by Gasteiger charge is -2.17. The van der Waals surface area contributed by atoms with Crippen LogP contribution in [0.1, 0.15) is 16.1 Å². The summed E-state index contributed by atoms with van der Waals surface area (Å²) < 4.78 is 5.06. The predicted molar refractivity (Wildman–Crippen MR) is 71.0 cm³/mol. The average Bonchev–Trinajstić information content (AvgIpc) is 2.87. The van der Waals surface area contributed by atoms with Crippen LogP contribution >= 0.6 is 23.2 Å². The van der Waals surface area contributed by atoms with Gasteiger partial charge in [0.1, 0.15) is 0 Å². The molecular weight excluding hydrogens is 273 g/mol. The van der Waals surface area contributed by atoms with Gasteiger partial charge in [0, 0.05) is 13.6 Å². The zero-order chi connectivity index (χ0) is 13.1. The summed E-state index contributed by atoms with van der Waals surface area (Å²) in [6, 6.07) is 8.64. The molecular formula is C13H11Cl2NO2. The van der Waals surface area contributed by atoms with Crippen LogP contribution < -0.4 is 0 Å². The maximum Gasteiger partial charge on any atom is 0.289 e. The number of rotatable bonds is 3. The van der Waals surface area contributed by atoms with Crippen molar-refractivity contribution in [2.75, 3.05) is 7.05 Å². The molecule has 18 heavy (non-hydrogen) atoms. The molecule has 1 heterocycles. The lowest BCUT2D eigenvalue weighted by Crippen LogP contribution is -2.25. The van der Waals surface area contributed by atoms with E-state index < -0.39 is 0 Å². The van der Waals surface area contributed by atoms with Crippen LogP contribution in [-0.2, 0) is 6.54 Å². The zero-order valence-corrected chi connectivity index (χ0v) is 11.2. The Bertz CT molecular complexity index is 552. The molecule has 94 valence electrons. The van der Waals surface area contributed by atoms with Crippen LogP contribution in [0.5, 0.6) is 0 Å². The SMILES string of the molecule is CN(Cc1cccc(Cl)c1Cl)C(=O)c1ccco1. The molecule has 1 aromatic carbocycles. The summed E-state index contributed by atoms with van der Waals surface area (Å²) >= 11 is 12.0. The highest BCUT2D eigenvalue weighted by Crippen LogP contribution is 2.26. The lowest BCUT2D eigenvalue weighted by molar-refractivity contribution is 0.0753. The number of nitrogens with zero attached hydrogens (tertiary/aromatic N) is 1. The van der Waals surface area contributed by atoms with Crippen molar-refractivity contribution in [3.8, 4) is 0 Å². The second kappa shape index (κ2) is 5.46. The molecule has 0 atom stereocenters. The minimum absolute atomic E-state index is 0.198. The monoisotopic (exact) mass is 283 g/mol. The lowest BCUT2D eigenvalue weighted by atomic mass is 10.2. The van der Waals surface area contributed by atoms with Gasteiger partial charge in [0.15, 0.2) is 5.76 Å². The van der Waals surface area contributed by atoms with Crippen molar-refractivity contribution in [3.05, 3.63) is 58.0 Å².